The number of halogens is 1. The third-order valence-corrected chi connectivity index (χ3v) is 5.29. The van der Waals surface area contributed by atoms with Crippen LogP contribution in [0.4, 0.5) is 21.6 Å². The third-order valence-electron chi connectivity index (χ3n) is 5.29. The fourth-order valence-electron chi connectivity index (χ4n) is 3.53. The number of imidazole rings is 1. The molecule has 0 aliphatic carbocycles. The molecule has 0 atom stereocenters. The maximum atomic E-state index is 13.9. The molecule has 36 heavy (non-hydrogen) atoms. The molecule has 0 unspecified atom stereocenters. The van der Waals surface area contributed by atoms with E-state index in [2.05, 4.69) is 22.2 Å². The van der Waals surface area contributed by atoms with Crippen molar-refractivity contribution in [3.05, 3.63) is 73.5 Å². The average molecular weight is 491 g/mol. The van der Waals surface area contributed by atoms with Gasteiger partial charge in [0, 0.05) is 24.2 Å². The highest BCUT2D eigenvalue weighted by Gasteiger charge is 2.16. The Balaban J connectivity index is 1.74. The first kappa shape index (κ1) is 24.7. The van der Waals surface area contributed by atoms with Gasteiger partial charge < -0.3 is 25.0 Å². The smallest absolute Gasteiger partial charge is 0.247 e. The van der Waals surface area contributed by atoms with Crippen LogP contribution >= 0.6 is 0 Å². The van der Waals surface area contributed by atoms with E-state index in [-0.39, 0.29) is 11.7 Å². The first-order chi connectivity index (χ1) is 17.4. The van der Waals surface area contributed by atoms with Gasteiger partial charge in [0.1, 0.15) is 41.9 Å². The first-order valence-electron chi connectivity index (χ1n) is 11.2. The van der Waals surface area contributed by atoms with Gasteiger partial charge in [0.25, 0.3) is 0 Å². The molecule has 0 radical (unpaired) electrons. The van der Waals surface area contributed by atoms with Gasteiger partial charge in [0.15, 0.2) is 0 Å². The summed E-state index contributed by atoms with van der Waals surface area (Å²) >= 11 is 0. The topological polar surface area (TPSA) is 93.0 Å². The molecule has 186 valence electrons. The van der Waals surface area contributed by atoms with E-state index in [0.717, 1.165) is 5.52 Å². The molecule has 4 aromatic rings. The standard InChI is InChI=1S/C26H27FN6O3/c1-5-25(34)30-21-13-20(22(35-4)14-23(21)36-10-9-32(2)3)29-24-12-19-15-28-16-33(19)26(31-24)17-7-6-8-18(27)11-17/h5-8,11-16,29H,1,9-10H2,2-4H3,(H,30,34). The van der Waals surface area contributed by atoms with Crippen molar-refractivity contribution < 1.29 is 18.7 Å². The number of aromatic nitrogens is 3. The molecule has 4 rings (SSSR count). The molecule has 2 aromatic carbocycles. The van der Waals surface area contributed by atoms with Gasteiger partial charge in [-0.05, 0) is 38.4 Å². The summed E-state index contributed by atoms with van der Waals surface area (Å²) in [5, 5.41) is 6.03. The summed E-state index contributed by atoms with van der Waals surface area (Å²) in [6.07, 6.45) is 4.49. The minimum atomic E-state index is -0.379. The summed E-state index contributed by atoms with van der Waals surface area (Å²) in [5.41, 5.74) is 2.34. The lowest BCUT2D eigenvalue weighted by Crippen LogP contribution is -2.20. The predicted octanol–water partition coefficient (Wildman–Crippen LogP) is 4.35. The fraction of sp³-hybridized carbons (Fsp3) is 0.192. The van der Waals surface area contributed by atoms with Gasteiger partial charge in [-0.1, -0.05) is 18.7 Å². The van der Waals surface area contributed by atoms with Crippen LogP contribution in [0.3, 0.4) is 0 Å². The number of hydrogen-bond acceptors (Lipinski definition) is 7. The zero-order valence-corrected chi connectivity index (χ0v) is 20.3. The van der Waals surface area contributed by atoms with Gasteiger partial charge in [-0.15, -0.1) is 0 Å². The van der Waals surface area contributed by atoms with Gasteiger partial charge in [-0.3, -0.25) is 9.20 Å². The van der Waals surface area contributed by atoms with Crippen LogP contribution in [0.25, 0.3) is 16.9 Å². The number of fused-ring (bicyclic) bond motifs is 1. The van der Waals surface area contributed by atoms with Crippen molar-refractivity contribution in [2.45, 2.75) is 0 Å². The lowest BCUT2D eigenvalue weighted by atomic mass is 10.2. The second kappa shape index (κ2) is 10.9. The minimum Gasteiger partial charge on any atom is -0.494 e. The van der Waals surface area contributed by atoms with Gasteiger partial charge in [-0.2, -0.15) is 0 Å². The van der Waals surface area contributed by atoms with Crippen molar-refractivity contribution in [2.24, 2.45) is 0 Å². The number of likely N-dealkylation sites (N-methyl/N-ethyl adjacent to an activating group) is 1. The first-order valence-corrected chi connectivity index (χ1v) is 11.2. The highest BCUT2D eigenvalue weighted by atomic mass is 19.1. The molecule has 1 amide bonds. The van der Waals surface area contributed by atoms with Gasteiger partial charge in [-0.25, -0.2) is 14.4 Å². The van der Waals surface area contributed by atoms with Crippen molar-refractivity contribution in [3.63, 3.8) is 0 Å². The van der Waals surface area contributed by atoms with Crippen molar-refractivity contribution >= 4 is 28.6 Å². The lowest BCUT2D eigenvalue weighted by molar-refractivity contribution is -0.111. The molecule has 2 N–H and O–H groups in total. The molecule has 0 saturated heterocycles. The fourth-order valence-corrected chi connectivity index (χ4v) is 3.53. The van der Waals surface area contributed by atoms with E-state index in [1.165, 1.54) is 25.3 Å². The number of ether oxygens (including phenoxy) is 2. The molecule has 10 heteroatoms. The Morgan fingerprint density at radius 1 is 1.19 bits per heavy atom. The molecule has 0 aliphatic heterocycles. The van der Waals surface area contributed by atoms with Crippen molar-refractivity contribution in [1.82, 2.24) is 19.3 Å². The van der Waals surface area contributed by atoms with Crippen LogP contribution in [-0.2, 0) is 4.79 Å². The van der Waals surface area contributed by atoms with Crippen molar-refractivity contribution in [2.75, 3.05) is 45.0 Å². The Hall–Kier alpha value is -4.44. The summed E-state index contributed by atoms with van der Waals surface area (Å²) in [6, 6.07) is 11.4. The predicted molar refractivity (Wildman–Crippen MR) is 138 cm³/mol. The van der Waals surface area contributed by atoms with Gasteiger partial charge in [0.2, 0.25) is 5.91 Å². The van der Waals surface area contributed by atoms with E-state index in [1.54, 1.807) is 47.3 Å². The second-order valence-corrected chi connectivity index (χ2v) is 8.18. The van der Waals surface area contributed by atoms with E-state index < -0.39 is 0 Å². The highest BCUT2D eigenvalue weighted by molar-refractivity contribution is 6.00. The van der Waals surface area contributed by atoms with E-state index in [4.69, 9.17) is 14.5 Å². The number of nitrogens with one attached hydrogen (secondary N) is 2. The quantitative estimate of drug-likeness (QED) is 0.319. The maximum Gasteiger partial charge on any atom is 0.247 e. The number of rotatable bonds is 10. The second-order valence-electron chi connectivity index (χ2n) is 8.18. The van der Waals surface area contributed by atoms with Crippen LogP contribution in [-0.4, -0.2) is 59.5 Å². The molecule has 0 fully saturated rings. The van der Waals surface area contributed by atoms with Crippen LogP contribution in [0.5, 0.6) is 11.5 Å². The largest absolute Gasteiger partial charge is 0.494 e. The molecule has 2 aromatic heterocycles. The Morgan fingerprint density at radius 2 is 2.03 bits per heavy atom. The van der Waals surface area contributed by atoms with E-state index in [0.29, 0.717) is 53.2 Å². The normalized spacial score (nSPS) is 10.9. The summed E-state index contributed by atoms with van der Waals surface area (Å²) in [6.45, 7) is 4.62. The maximum absolute atomic E-state index is 13.9. The molecular weight excluding hydrogens is 463 g/mol. The Morgan fingerprint density at radius 3 is 2.75 bits per heavy atom. The summed E-state index contributed by atoms with van der Waals surface area (Å²) < 4.78 is 27.2. The SMILES string of the molecule is C=CC(=O)Nc1cc(Nc2cc3cncn3c(-c3cccc(F)c3)n2)c(OC)cc1OCCN(C)C. The van der Waals surface area contributed by atoms with E-state index in [1.807, 2.05) is 19.0 Å². The summed E-state index contributed by atoms with van der Waals surface area (Å²) in [7, 11) is 5.43. The summed E-state index contributed by atoms with van der Waals surface area (Å²) in [4.78, 5) is 23.0. The molecule has 0 spiro atoms. The molecule has 2 heterocycles. The number of methoxy groups -OCH3 is 1. The zero-order chi connectivity index (χ0) is 25.7. The highest BCUT2D eigenvalue weighted by Crippen LogP contribution is 2.38. The third kappa shape index (κ3) is 5.61. The molecule has 0 aliphatic rings. The van der Waals surface area contributed by atoms with E-state index in [9.17, 15) is 9.18 Å². The van der Waals surface area contributed by atoms with Gasteiger partial charge in [0.05, 0.1) is 30.2 Å². The average Bonchev–Trinajstić information content (AvgIpc) is 3.33. The summed E-state index contributed by atoms with van der Waals surface area (Å²) in [5.74, 6) is 1.17. The Kier molecular flexibility index (Phi) is 7.45. The number of anilines is 3. The number of amides is 1. The number of carbonyl (C=O) groups excluding carboxylic acids is 1. The Bertz CT molecular complexity index is 1400. The zero-order valence-electron chi connectivity index (χ0n) is 20.3. The minimum absolute atomic E-state index is 0.366. The number of carbonyl (C=O) groups is 1. The number of benzene rings is 2. The number of hydrogen-bond donors (Lipinski definition) is 2. The van der Waals surface area contributed by atoms with Crippen LogP contribution in [0.2, 0.25) is 0 Å². The van der Waals surface area contributed by atoms with Crippen LogP contribution in [0.15, 0.2) is 67.6 Å². The molecule has 9 nitrogen and oxygen atoms in total. The van der Waals surface area contributed by atoms with Gasteiger partial charge >= 0.3 is 0 Å². The van der Waals surface area contributed by atoms with Crippen molar-refractivity contribution in [3.8, 4) is 22.9 Å². The Labute approximate surface area is 208 Å². The van der Waals surface area contributed by atoms with Crippen LogP contribution in [0, 0.1) is 5.82 Å². The van der Waals surface area contributed by atoms with Crippen LogP contribution in [0.1, 0.15) is 0 Å². The van der Waals surface area contributed by atoms with Crippen molar-refractivity contribution in [1.29, 1.82) is 0 Å². The monoisotopic (exact) mass is 490 g/mol. The van der Waals surface area contributed by atoms with Crippen LogP contribution < -0.4 is 20.1 Å². The van der Waals surface area contributed by atoms with E-state index >= 15 is 0 Å². The number of nitrogens with zero attached hydrogens (tertiary/aromatic N) is 4. The molecular formula is C26H27FN6O3. The lowest BCUT2D eigenvalue weighted by Gasteiger charge is -2.18. The molecule has 0 bridgehead atoms. The molecule has 0 saturated carbocycles.